The van der Waals surface area contributed by atoms with Gasteiger partial charge in [0.05, 0.1) is 11.7 Å². The van der Waals surface area contributed by atoms with Crippen molar-refractivity contribution in [2.24, 2.45) is 7.05 Å². The van der Waals surface area contributed by atoms with Crippen LogP contribution in [-0.4, -0.2) is 39.3 Å². The third kappa shape index (κ3) is 4.30. The Bertz CT molecular complexity index is 1220. The zero-order valence-corrected chi connectivity index (χ0v) is 16.6. The number of nitrogens with zero attached hydrogens (tertiary/aromatic N) is 4. The number of hydrogen-bond acceptors (Lipinski definition) is 7. The number of fused-ring (bicyclic) bond motifs is 1. The number of amides is 1. The average molecular weight is 403 g/mol. The molecule has 2 heterocycles. The molecular formula is C21H21N7O2. The van der Waals surface area contributed by atoms with Gasteiger partial charge in [-0.05, 0) is 35.9 Å². The van der Waals surface area contributed by atoms with Crippen LogP contribution in [-0.2, 0) is 11.8 Å². The monoisotopic (exact) mass is 403 g/mol. The third-order valence-corrected chi connectivity index (χ3v) is 4.45. The SMILES string of the molecule is CNC(=O)COc1cc(Nc2ncc3cc(N)ccc3n2)cc(-c2cnn(C)c2)c1. The van der Waals surface area contributed by atoms with Crippen molar-refractivity contribution in [2.45, 2.75) is 0 Å². The summed E-state index contributed by atoms with van der Waals surface area (Å²) < 4.78 is 7.38. The summed E-state index contributed by atoms with van der Waals surface area (Å²) in [5.74, 6) is 0.761. The number of aryl methyl sites for hydroxylation is 1. The number of benzene rings is 2. The lowest BCUT2D eigenvalue weighted by molar-refractivity contribution is -0.122. The lowest BCUT2D eigenvalue weighted by Gasteiger charge is -2.12. The lowest BCUT2D eigenvalue weighted by Crippen LogP contribution is -2.24. The van der Waals surface area contributed by atoms with E-state index in [1.807, 2.05) is 37.5 Å². The molecule has 9 nitrogen and oxygen atoms in total. The average Bonchev–Trinajstić information content (AvgIpc) is 3.18. The molecule has 4 N–H and O–H groups in total. The van der Waals surface area contributed by atoms with Gasteiger partial charge in [0.1, 0.15) is 5.75 Å². The van der Waals surface area contributed by atoms with Gasteiger partial charge in [0.25, 0.3) is 5.91 Å². The van der Waals surface area contributed by atoms with E-state index < -0.39 is 0 Å². The molecule has 152 valence electrons. The Kier molecular flexibility index (Phi) is 5.17. The molecule has 0 saturated heterocycles. The minimum Gasteiger partial charge on any atom is -0.484 e. The second-order valence-corrected chi connectivity index (χ2v) is 6.75. The van der Waals surface area contributed by atoms with Crippen LogP contribution in [0, 0.1) is 0 Å². The summed E-state index contributed by atoms with van der Waals surface area (Å²) in [6, 6.07) is 11.1. The van der Waals surface area contributed by atoms with Crippen LogP contribution in [0.25, 0.3) is 22.0 Å². The van der Waals surface area contributed by atoms with Crippen LogP contribution < -0.4 is 21.1 Å². The third-order valence-electron chi connectivity index (χ3n) is 4.45. The predicted molar refractivity (Wildman–Crippen MR) is 115 cm³/mol. The van der Waals surface area contributed by atoms with E-state index >= 15 is 0 Å². The molecule has 0 bridgehead atoms. The number of nitrogen functional groups attached to an aromatic ring is 1. The summed E-state index contributed by atoms with van der Waals surface area (Å²) in [5, 5.41) is 10.8. The first-order valence-corrected chi connectivity index (χ1v) is 9.27. The zero-order chi connectivity index (χ0) is 21.1. The Balaban J connectivity index is 1.67. The Morgan fingerprint density at radius 1 is 1.17 bits per heavy atom. The molecule has 2 aromatic carbocycles. The van der Waals surface area contributed by atoms with Gasteiger partial charge >= 0.3 is 0 Å². The number of nitrogens with two attached hydrogens (primary N) is 1. The van der Waals surface area contributed by atoms with Gasteiger partial charge in [-0.1, -0.05) is 0 Å². The molecule has 0 radical (unpaired) electrons. The quantitative estimate of drug-likeness (QED) is 0.423. The molecular weight excluding hydrogens is 382 g/mol. The number of hydrogen-bond donors (Lipinski definition) is 3. The highest BCUT2D eigenvalue weighted by Gasteiger charge is 2.09. The first-order chi connectivity index (χ1) is 14.5. The van der Waals surface area contributed by atoms with Crippen LogP contribution in [0.1, 0.15) is 0 Å². The highest BCUT2D eigenvalue weighted by atomic mass is 16.5. The van der Waals surface area contributed by atoms with Gasteiger partial charge in [-0.25, -0.2) is 9.97 Å². The molecule has 1 amide bonds. The number of rotatable bonds is 6. The van der Waals surface area contributed by atoms with E-state index in [0.29, 0.717) is 17.4 Å². The summed E-state index contributed by atoms with van der Waals surface area (Å²) >= 11 is 0. The van der Waals surface area contributed by atoms with Crippen molar-refractivity contribution in [2.75, 3.05) is 24.7 Å². The molecule has 4 rings (SSSR count). The zero-order valence-electron chi connectivity index (χ0n) is 16.6. The van der Waals surface area contributed by atoms with Crippen molar-refractivity contribution in [3.8, 4) is 16.9 Å². The molecule has 0 atom stereocenters. The second-order valence-electron chi connectivity index (χ2n) is 6.75. The van der Waals surface area contributed by atoms with Gasteiger partial charge < -0.3 is 21.1 Å². The fourth-order valence-electron chi connectivity index (χ4n) is 2.95. The molecule has 0 fully saturated rings. The number of aromatic nitrogens is 4. The standard InChI is InChI=1S/C21H21N7O2/c1-23-20(29)12-30-18-7-13(15-10-25-28(2)11-15)6-17(8-18)26-21-24-9-14-5-16(22)3-4-19(14)27-21/h3-11H,12,22H2,1-2H3,(H,23,29)(H,24,26,27). The fraction of sp³-hybridized carbons (Fsp3) is 0.143. The first kappa shape index (κ1) is 19.2. The predicted octanol–water partition coefficient (Wildman–Crippen LogP) is 2.48. The smallest absolute Gasteiger partial charge is 0.257 e. The number of carbonyl (C=O) groups is 1. The number of anilines is 3. The number of carbonyl (C=O) groups excluding carboxylic acids is 1. The van der Waals surface area contributed by atoms with Gasteiger partial charge in [-0.15, -0.1) is 0 Å². The number of likely N-dealkylation sites (N-methyl/N-ethyl adjacent to an activating group) is 1. The van der Waals surface area contributed by atoms with E-state index in [4.69, 9.17) is 10.5 Å². The van der Waals surface area contributed by atoms with E-state index in [0.717, 1.165) is 27.7 Å². The van der Waals surface area contributed by atoms with E-state index in [2.05, 4.69) is 25.7 Å². The highest BCUT2D eigenvalue weighted by molar-refractivity contribution is 5.82. The molecule has 2 aromatic heterocycles. The minimum atomic E-state index is -0.214. The highest BCUT2D eigenvalue weighted by Crippen LogP contribution is 2.30. The largest absolute Gasteiger partial charge is 0.484 e. The van der Waals surface area contributed by atoms with Crippen LogP contribution in [0.4, 0.5) is 17.3 Å². The Hall–Kier alpha value is -4.14. The molecule has 9 heteroatoms. The lowest BCUT2D eigenvalue weighted by atomic mass is 10.1. The van der Waals surface area contributed by atoms with Crippen LogP contribution >= 0.6 is 0 Å². The molecule has 0 aliphatic rings. The molecule has 0 spiro atoms. The number of ether oxygens (including phenoxy) is 1. The van der Waals surface area contributed by atoms with Crippen molar-refractivity contribution in [1.29, 1.82) is 0 Å². The Labute approximate surface area is 172 Å². The van der Waals surface area contributed by atoms with E-state index in [1.54, 1.807) is 36.3 Å². The van der Waals surface area contributed by atoms with Gasteiger partial charge in [-0.3, -0.25) is 9.48 Å². The van der Waals surface area contributed by atoms with Crippen molar-refractivity contribution in [3.63, 3.8) is 0 Å². The summed E-state index contributed by atoms with van der Waals surface area (Å²) in [6.45, 7) is -0.0830. The summed E-state index contributed by atoms with van der Waals surface area (Å²) in [4.78, 5) is 20.5. The second kappa shape index (κ2) is 8.08. The fourth-order valence-corrected chi connectivity index (χ4v) is 2.95. The minimum absolute atomic E-state index is 0.0830. The topological polar surface area (TPSA) is 120 Å². The van der Waals surface area contributed by atoms with Gasteiger partial charge in [0.15, 0.2) is 6.61 Å². The number of nitrogens with one attached hydrogen (secondary N) is 2. The molecule has 0 aliphatic carbocycles. The van der Waals surface area contributed by atoms with E-state index in [1.165, 1.54) is 0 Å². The van der Waals surface area contributed by atoms with Crippen molar-refractivity contribution >= 4 is 34.1 Å². The Morgan fingerprint density at radius 3 is 2.80 bits per heavy atom. The normalized spacial score (nSPS) is 10.7. The van der Waals surface area contributed by atoms with E-state index in [-0.39, 0.29) is 12.5 Å². The van der Waals surface area contributed by atoms with Crippen molar-refractivity contribution in [1.82, 2.24) is 25.1 Å². The molecule has 0 unspecified atom stereocenters. The molecule has 30 heavy (non-hydrogen) atoms. The maximum atomic E-state index is 11.6. The van der Waals surface area contributed by atoms with Gasteiger partial charge in [0.2, 0.25) is 5.95 Å². The molecule has 0 aliphatic heterocycles. The summed E-state index contributed by atoms with van der Waals surface area (Å²) in [6.07, 6.45) is 5.38. The van der Waals surface area contributed by atoms with Crippen LogP contribution in [0.3, 0.4) is 0 Å². The van der Waals surface area contributed by atoms with Crippen molar-refractivity contribution in [3.05, 3.63) is 55.0 Å². The molecule has 0 saturated carbocycles. The summed E-state index contributed by atoms with van der Waals surface area (Å²) in [5.41, 5.74) is 9.78. The van der Waals surface area contributed by atoms with Crippen LogP contribution in [0.2, 0.25) is 0 Å². The maximum Gasteiger partial charge on any atom is 0.257 e. The summed E-state index contributed by atoms with van der Waals surface area (Å²) in [7, 11) is 3.42. The van der Waals surface area contributed by atoms with Gasteiger partial charge in [-0.2, -0.15) is 5.10 Å². The Morgan fingerprint density at radius 2 is 2.03 bits per heavy atom. The van der Waals surface area contributed by atoms with Crippen molar-refractivity contribution < 1.29 is 9.53 Å². The van der Waals surface area contributed by atoms with Gasteiger partial charge in [0, 0.05) is 54.9 Å². The molecule has 4 aromatic rings. The first-order valence-electron chi connectivity index (χ1n) is 9.27. The van der Waals surface area contributed by atoms with Crippen LogP contribution in [0.15, 0.2) is 55.0 Å². The maximum absolute atomic E-state index is 11.6. The van der Waals surface area contributed by atoms with E-state index in [9.17, 15) is 4.79 Å². The van der Waals surface area contributed by atoms with Crippen LogP contribution in [0.5, 0.6) is 5.75 Å².